The molecule has 0 amide bonds. The Morgan fingerprint density at radius 2 is 1.79 bits per heavy atom. The van der Waals surface area contributed by atoms with Crippen molar-refractivity contribution in [1.82, 2.24) is 10.2 Å². The van der Waals surface area contributed by atoms with Crippen LogP contribution in [-0.2, 0) is 0 Å². The third-order valence-electron chi connectivity index (χ3n) is 2.73. The molecule has 0 saturated carbocycles. The van der Waals surface area contributed by atoms with Crippen molar-refractivity contribution in [1.29, 1.82) is 0 Å². The number of nitrogens with zero attached hydrogens (tertiary/aromatic N) is 1. The van der Waals surface area contributed by atoms with Crippen molar-refractivity contribution in [2.24, 2.45) is 5.92 Å². The highest BCUT2D eigenvalue weighted by Crippen LogP contribution is 1.99. The lowest BCUT2D eigenvalue weighted by atomic mass is 10.1. The lowest BCUT2D eigenvalue weighted by Crippen LogP contribution is -2.41. The second-order valence-electron chi connectivity index (χ2n) is 4.01. The molecule has 0 rings (SSSR count). The quantitative estimate of drug-likeness (QED) is 0.615. The van der Waals surface area contributed by atoms with Gasteiger partial charge in [0, 0.05) is 19.1 Å². The van der Waals surface area contributed by atoms with Gasteiger partial charge in [-0.25, -0.2) is 0 Å². The minimum Gasteiger partial charge on any atom is -0.395 e. The zero-order valence-corrected chi connectivity index (χ0v) is 10.1. The number of aliphatic hydroxyl groups excluding tert-OH is 1. The van der Waals surface area contributed by atoms with Crippen LogP contribution in [0.4, 0.5) is 0 Å². The third kappa shape index (κ3) is 5.58. The molecule has 0 bridgehead atoms. The summed E-state index contributed by atoms with van der Waals surface area (Å²) >= 11 is 0. The molecular formula is C11H26N2O. The maximum atomic E-state index is 9.10. The molecule has 0 aromatic heterocycles. The van der Waals surface area contributed by atoms with E-state index in [0.717, 1.165) is 26.2 Å². The van der Waals surface area contributed by atoms with Crippen LogP contribution in [-0.4, -0.2) is 48.8 Å². The molecule has 2 N–H and O–H groups in total. The Morgan fingerprint density at radius 3 is 2.14 bits per heavy atom. The van der Waals surface area contributed by atoms with Crippen LogP contribution in [0.3, 0.4) is 0 Å². The fraction of sp³-hybridized carbons (Fsp3) is 1.00. The second kappa shape index (κ2) is 8.21. The molecule has 0 heterocycles. The van der Waals surface area contributed by atoms with Crippen LogP contribution in [0, 0.1) is 5.92 Å². The van der Waals surface area contributed by atoms with Gasteiger partial charge in [0.05, 0.1) is 6.61 Å². The van der Waals surface area contributed by atoms with E-state index in [1.165, 1.54) is 0 Å². The SMILES string of the molecule is CCN(CC)CCNC(CO)C(C)C. The summed E-state index contributed by atoms with van der Waals surface area (Å²) in [6.45, 7) is 13.1. The molecule has 86 valence electrons. The lowest BCUT2D eigenvalue weighted by molar-refractivity contribution is 0.203. The Balaban J connectivity index is 3.59. The predicted octanol–water partition coefficient (Wildman–Crippen LogP) is 0.935. The standard InChI is InChI=1S/C11H26N2O/c1-5-13(6-2)8-7-12-11(9-14)10(3)4/h10-12,14H,5-9H2,1-4H3. The zero-order valence-electron chi connectivity index (χ0n) is 10.1. The van der Waals surface area contributed by atoms with Gasteiger partial charge in [0.2, 0.25) is 0 Å². The van der Waals surface area contributed by atoms with Crippen LogP contribution in [0.2, 0.25) is 0 Å². The smallest absolute Gasteiger partial charge is 0.0587 e. The first-order valence-corrected chi connectivity index (χ1v) is 5.72. The maximum absolute atomic E-state index is 9.10. The Morgan fingerprint density at radius 1 is 1.21 bits per heavy atom. The van der Waals surface area contributed by atoms with Gasteiger partial charge in [-0.1, -0.05) is 27.7 Å². The number of rotatable bonds is 8. The van der Waals surface area contributed by atoms with Crippen molar-refractivity contribution in [2.75, 3.05) is 32.8 Å². The molecule has 1 unspecified atom stereocenters. The fourth-order valence-corrected chi connectivity index (χ4v) is 1.46. The maximum Gasteiger partial charge on any atom is 0.0587 e. The Kier molecular flexibility index (Phi) is 8.14. The first-order valence-electron chi connectivity index (χ1n) is 5.72. The third-order valence-corrected chi connectivity index (χ3v) is 2.73. The average molecular weight is 202 g/mol. The van der Waals surface area contributed by atoms with E-state index in [1.54, 1.807) is 0 Å². The molecule has 3 nitrogen and oxygen atoms in total. The summed E-state index contributed by atoms with van der Waals surface area (Å²) in [5.41, 5.74) is 0. The van der Waals surface area contributed by atoms with Gasteiger partial charge in [-0.3, -0.25) is 0 Å². The summed E-state index contributed by atoms with van der Waals surface area (Å²) in [7, 11) is 0. The molecule has 14 heavy (non-hydrogen) atoms. The molecule has 0 aromatic carbocycles. The molecule has 0 aliphatic carbocycles. The molecule has 0 spiro atoms. The molecule has 0 aliphatic heterocycles. The Hall–Kier alpha value is -0.120. The summed E-state index contributed by atoms with van der Waals surface area (Å²) in [4.78, 5) is 2.38. The number of likely N-dealkylation sites (N-methyl/N-ethyl adjacent to an activating group) is 1. The summed E-state index contributed by atoms with van der Waals surface area (Å²) in [5, 5.41) is 12.5. The highest BCUT2D eigenvalue weighted by atomic mass is 16.3. The van der Waals surface area contributed by atoms with Crippen molar-refractivity contribution in [3.05, 3.63) is 0 Å². The van der Waals surface area contributed by atoms with E-state index in [4.69, 9.17) is 5.11 Å². The summed E-state index contributed by atoms with van der Waals surface area (Å²) in [6, 6.07) is 0.241. The monoisotopic (exact) mass is 202 g/mol. The Bertz CT molecular complexity index is 124. The van der Waals surface area contributed by atoms with E-state index in [0.29, 0.717) is 5.92 Å². The second-order valence-corrected chi connectivity index (χ2v) is 4.01. The van der Waals surface area contributed by atoms with E-state index in [-0.39, 0.29) is 12.6 Å². The van der Waals surface area contributed by atoms with Gasteiger partial charge in [-0.15, -0.1) is 0 Å². The van der Waals surface area contributed by atoms with Crippen LogP contribution in [0.25, 0.3) is 0 Å². The van der Waals surface area contributed by atoms with Crippen LogP contribution < -0.4 is 5.32 Å². The van der Waals surface area contributed by atoms with Gasteiger partial charge < -0.3 is 15.3 Å². The van der Waals surface area contributed by atoms with E-state index in [2.05, 4.69) is 37.9 Å². The fourth-order valence-electron chi connectivity index (χ4n) is 1.46. The molecular weight excluding hydrogens is 176 g/mol. The minimum absolute atomic E-state index is 0.232. The van der Waals surface area contributed by atoms with Gasteiger partial charge in [-0.05, 0) is 19.0 Å². The molecule has 0 aliphatic rings. The van der Waals surface area contributed by atoms with Crippen LogP contribution in [0.5, 0.6) is 0 Å². The van der Waals surface area contributed by atoms with E-state index >= 15 is 0 Å². The predicted molar refractivity (Wildman–Crippen MR) is 61.5 cm³/mol. The average Bonchev–Trinajstić information content (AvgIpc) is 2.18. The summed E-state index contributed by atoms with van der Waals surface area (Å²) in [6.07, 6.45) is 0. The Labute approximate surface area is 88.5 Å². The van der Waals surface area contributed by atoms with Crippen molar-refractivity contribution in [3.63, 3.8) is 0 Å². The summed E-state index contributed by atoms with van der Waals surface area (Å²) < 4.78 is 0. The van der Waals surface area contributed by atoms with E-state index < -0.39 is 0 Å². The molecule has 0 radical (unpaired) electrons. The number of aliphatic hydroxyl groups is 1. The molecule has 0 aromatic rings. The van der Waals surface area contributed by atoms with E-state index in [1.807, 2.05) is 0 Å². The van der Waals surface area contributed by atoms with Crippen LogP contribution in [0.1, 0.15) is 27.7 Å². The molecule has 1 atom stereocenters. The minimum atomic E-state index is 0.232. The number of hydrogen-bond acceptors (Lipinski definition) is 3. The normalized spacial score (nSPS) is 13.9. The van der Waals surface area contributed by atoms with Gasteiger partial charge in [0.25, 0.3) is 0 Å². The van der Waals surface area contributed by atoms with Crippen LogP contribution in [0.15, 0.2) is 0 Å². The topological polar surface area (TPSA) is 35.5 Å². The van der Waals surface area contributed by atoms with Crippen molar-refractivity contribution in [2.45, 2.75) is 33.7 Å². The largest absolute Gasteiger partial charge is 0.395 e. The summed E-state index contributed by atoms with van der Waals surface area (Å²) in [5.74, 6) is 0.497. The highest BCUT2D eigenvalue weighted by Gasteiger charge is 2.10. The zero-order chi connectivity index (χ0) is 11.0. The molecule has 0 saturated heterocycles. The van der Waals surface area contributed by atoms with Gasteiger partial charge in [-0.2, -0.15) is 0 Å². The van der Waals surface area contributed by atoms with E-state index in [9.17, 15) is 0 Å². The molecule has 3 heteroatoms. The van der Waals surface area contributed by atoms with Crippen molar-refractivity contribution < 1.29 is 5.11 Å². The van der Waals surface area contributed by atoms with Crippen molar-refractivity contribution >= 4 is 0 Å². The first kappa shape index (κ1) is 13.9. The van der Waals surface area contributed by atoms with Crippen LogP contribution >= 0.6 is 0 Å². The van der Waals surface area contributed by atoms with Gasteiger partial charge in [0.15, 0.2) is 0 Å². The van der Waals surface area contributed by atoms with Crippen molar-refractivity contribution in [3.8, 4) is 0 Å². The molecule has 0 fully saturated rings. The lowest BCUT2D eigenvalue weighted by Gasteiger charge is -2.23. The number of hydrogen-bond donors (Lipinski definition) is 2. The highest BCUT2D eigenvalue weighted by molar-refractivity contribution is 4.69. The van der Waals surface area contributed by atoms with Gasteiger partial charge in [0.1, 0.15) is 0 Å². The first-order chi connectivity index (χ1) is 6.65. The number of nitrogens with one attached hydrogen (secondary N) is 1. The van der Waals surface area contributed by atoms with Gasteiger partial charge >= 0.3 is 0 Å².